The number of amides is 6. The highest BCUT2D eigenvalue weighted by Gasteiger charge is 2.50. The lowest BCUT2D eigenvalue weighted by atomic mass is 9.85. The summed E-state index contributed by atoms with van der Waals surface area (Å²) in [5, 5.41) is 56.0. The third kappa shape index (κ3) is 13.7. The first-order chi connectivity index (χ1) is 46.8. The van der Waals surface area contributed by atoms with E-state index in [4.69, 9.17) is 49.1 Å². The quantitative estimate of drug-likeness (QED) is 0.0509. The largest absolute Gasteiger partial charge is 0.506 e. The van der Waals surface area contributed by atoms with E-state index >= 15 is 9.59 Å². The minimum absolute atomic E-state index is 0.00173. The molecule has 0 aliphatic carbocycles. The van der Waals surface area contributed by atoms with E-state index in [1.165, 1.54) is 48.5 Å². The van der Waals surface area contributed by atoms with Gasteiger partial charge in [0.25, 0.3) is 29.5 Å². The standard InChI is InChI=1S/C62H62N14O17S5/c1-9-76(7)48-26(5)92-38(14-62(48,6)87)93-47-46-45-59-71-34(21-98-59)51(81)66-31(17-91-60(85)43-29(16-89-46)39-27(15-90-61(47)86)11-10-12-30(39)65-43)56-67-32(18-95-56)42-28(13-37(78)44(72-42)58-70-33(20-97-58)50(80)64-23(2)49(63)79)55-68-35(19-94-55)52(82)73-40(24(3)77)54(84)74-41(25(4)88-8)57-69-36(22-96-57)53(83)75-45/h10-13,18-22,24,26,31,38,40,45-48,65,77-78,87H,2,9,14-17H2,1,3-8H3,(H2,63,79)(H,64,80)(H,66,81)(H,73,82)(H,74,84)(H,75,83)/b41-25+/t24-,26+,31+,38+,40+,45+,46?,47+,48-,62+/m1/s1. The molecule has 1 unspecified atom stereocenters. The smallest absolute Gasteiger partial charge is 0.355 e. The van der Waals surface area contributed by atoms with E-state index in [1.54, 1.807) is 37.4 Å². The van der Waals surface area contributed by atoms with Gasteiger partial charge in [0.05, 0.1) is 43.3 Å². The van der Waals surface area contributed by atoms with Gasteiger partial charge >= 0.3 is 11.9 Å². The first kappa shape index (κ1) is 68.6. The molecular formula is C62H62N14O17S5. The van der Waals surface area contributed by atoms with Crippen LogP contribution < -0.4 is 32.3 Å². The number of aliphatic hydroxyl groups excluding tert-OH is 1. The highest BCUT2D eigenvalue weighted by Crippen LogP contribution is 2.43. The lowest BCUT2D eigenvalue weighted by molar-refractivity contribution is -0.281. The number of benzene rings is 1. The fourth-order valence-electron chi connectivity index (χ4n) is 11.7. The van der Waals surface area contributed by atoms with Crippen LogP contribution in [-0.2, 0) is 56.0 Å². The molecule has 0 saturated carbocycles. The maximum absolute atomic E-state index is 15.2. The number of hydrogen-bond acceptors (Lipinski definition) is 29. The molecule has 12 rings (SSSR count). The number of cyclic esters (lactones) is 2. The molecular weight excluding hydrogens is 1370 g/mol. The molecule has 0 spiro atoms. The van der Waals surface area contributed by atoms with E-state index in [9.17, 15) is 44.1 Å². The molecule has 36 heteroatoms. The number of nitrogens with two attached hydrogens (primary N) is 1. The first-order valence-corrected chi connectivity index (χ1v) is 34.5. The number of allylic oxidation sites excluding steroid dienone is 1. The molecule has 98 heavy (non-hydrogen) atoms. The molecule has 1 aromatic carbocycles. The van der Waals surface area contributed by atoms with Crippen molar-refractivity contribution in [2.75, 3.05) is 27.3 Å². The summed E-state index contributed by atoms with van der Waals surface area (Å²) in [5.41, 5.74) is 3.36. The van der Waals surface area contributed by atoms with Crippen molar-refractivity contribution in [3.8, 4) is 38.4 Å². The number of ether oxygens (including phenoxy) is 6. The van der Waals surface area contributed by atoms with Crippen LogP contribution in [0.25, 0.3) is 49.3 Å². The number of aromatic hydroxyl groups is 1. The van der Waals surface area contributed by atoms with E-state index in [1.807, 2.05) is 18.9 Å². The van der Waals surface area contributed by atoms with Crippen LogP contribution >= 0.6 is 56.7 Å². The fourth-order valence-corrected chi connectivity index (χ4v) is 15.9. The monoisotopic (exact) mass is 1430 g/mol. The van der Waals surface area contributed by atoms with E-state index in [0.717, 1.165) is 56.7 Å². The Balaban J connectivity index is 1.03. The normalized spacial score (nSPS) is 24.0. The average molecular weight is 1440 g/mol. The number of carbonyl (C=O) groups is 8. The Bertz CT molecular complexity index is 4570. The summed E-state index contributed by atoms with van der Waals surface area (Å²) < 4.78 is 37.9. The van der Waals surface area contributed by atoms with Crippen molar-refractivity contribution in [2.45, 2.75) is 115 Å². The van der Waals surface area contributed by atoms with Gasteiger partial charge in [-0.25, -0.2) is 39.5 Å². The third-order valence-electron chi connectivity index (χ3n) is 16.6. The van der Waals surface area contributed by atoms with Gasteiger partial charge in [-0.1, -0.05) is 25.6 Å². The molecule has 4 aliphatic heterocycles. The molecule has 4 aliphatic rings. The number of esters is 2. The van der Waals surface area contributed by atoms with Crippen molar-refractivity contribution >= 4 is 121 Å². The highest BCUT2D eigenvalue weighted by atomic mass is 32.1. The molecule has 0 radical (unpaired) electrons. The molecule has 11 N–H and O–H groups in total. The van der Waals surface area contributed by atoms with Crippen molar-refractivity contribution in [3.63, 3.8) is 0 Å². The Labute approximate surface area is 575 Å². The second-order valence-corrected chi connectivity index (χ2v) is 27.7. The summed E-state index contributed by atoms with van der Waals surface area (Å²) in [5.74, 6) is -7.83. The Kier molecular flexibility index (Phi) is 19.5. The van der Waals surface area contributed by atoms with Crippen molar-refractivity contribution < 1.29 is 82.1 Å². The Morgan fingerprint density at radius 3 is 2.27 bits per heavy atom. The molecule has 31 nitrogen and oxygen atoms in total. The van der Waals surface area contributed by atoms with Crippen LogP contribution in [-0.4, -0.2) is 178 Å². The van der Waals surface area contributed by atoms with Crippen LogP contribution in [0.5, 0.6) is 5.75 Å². The zero-order valence-electron chi connectivity index (χ0n) is 52.9. The van der Waals surface area contributed by atoms with Gasteiger partial charge in [-0.05, 0) is 59.0 Å². The first-order valence-electron chi connectivity index (χ1n) is 30.1. The minimum Gasteiger partial charge on any atom is -0.506 e. The number of fused-ring (bicyclic) bond motifs is 15. The van der Waals surface area contributed by atoms with Gasteiger partial charge < -0.3 is 81.0 Å². The number of aromatic nitrogens is 7. The lowest BCUT2D eigenvalue weighted by Gasteiger charge is -2.48. The highest BCUT2D eigenvalue weighted by molar-refractivity contribution is 7.14. The minimum atomic E-state index is -1.86. The molecule has 6 amide bonds. The number of hydrogen-bond donors (Lipinski definition) is 10. The van der Waals surface area contributed by atoms with Gasteiger partial charge in [-0.2, -0.15) is 0 Å². The number of aliphatic hydroxyl groups is 2. The number of rotatable bonds is 10. The number of H-pyrrole nitrogens is 1. The lowest BCUT2D eigenvalue weighted by Crippen LogP contribution is -2.62. The van der Waals surface area contributed by atoms with Gasteiger partial charge in [0.2, 0.25) is 5.91 Å². The SMILES string of the molecule is C=C(NC(=O)c1csc(-c2nc3c(cc2O)-c2nc(cs2)C(=O)N[C@@H]([C@@H](C)O)C(=O)N/C(=C(\C)OC)c2nc(cs2)C(=O)N[C@@H]2c4nc(cs4)C(=O)N[C@@H](COC(=O)c4[nH]c5cccc6c5c4COC2[C@H](O[C@H]2C[C@](C)(O)[C@H](N(C)CC)[C@H](C)O2)C(=O)OC6)c2nc-3cs2)n1)C(N)=O. The second kappa shape index (κ2) is 27.9. The molecule has 7 aromatic heterocycles. The number of nitrogens with one attached hydrogen (secondary N) is 6. The van der Waals surface area contributed by atoms with Crippen LogP contribution in [0.3, 0.4) is 0 Å². The second-order valence-electron chi connectivity index (χ2n) is 23.3. The fraction of sp³-hybridized carbons (Fsp3) is 0.355. The molecule has 1 saturated heterocycles. The van der Waals surface area contributed by atoms with E-state index < -0.39 is 133 Å². The Hall–Kier alpha value is -9.34. The summed E-state index contributed by atoms with van der Waals surface area (Å²) in [4.78, 5) is 147. The van der Waals surface area contributed by atoms with Crippen LogP contribution in [0.15, 0.2) is 69.2 Å². The predicted octanol–water partition coefficient (Wildman–Crippen LogP) is 4.57. The summed E-state index contributed by atoms with van der Waals surface area (Å²) in [7, 11) is 3.15. The molecule has 11 heterocycles. The van der Waals surface area contributed by atoms with Crippen molar-refractivity contribution in [2.24, 2.45) is 5.73 Å². The number of thiazole rings is 5. The maximum Gasteiger partial charge on any atom is 0.355 e. The third-order valence-corrected chi connectivity index (χ3v) is 21.1. The average Bonchev–Trinajstić information content (AvgIpc) is 1.41. The molecule has 10 atom stereocenters. The van der Waals surface area contributed by atoms with Gasteiger partial charge in [-0.15, -0.1) is 56.7 Å². The number of carbonyl (C=O) groups excluding carboxylic acids is 8. The van der Waals surface area contributed by atoms with Crippen molar-refractivity contribution in [1.82, 2.24) is 66.4 Å². The van der Waals surface area contributed by atoms with Gasteiger partial charge in [0, 0.05) is 55.4 Å². The van der Waals surface area contributed by atoms with Gasteiger partial charge in [0.15, 0.2) is 12.4 Å². The van der Waals surface area contributed by atoms with Gasteiger partial charge in [-0.3, -0.25) is 33.7 Å². The molecule has 512 valence electrons. The summed E-state index contributed by atoms with van der Waals surface area (Å²) in [6, 6.07) is 1.27. The zero-order valence-corrected chi connectivity index (χ0v) is 57.0. The number of aromatic amines is 1. The summed E-state index contributed by atoms with van der Waals surface area (Å²) in [6.45, 7) is 10.6. The topological polar surface area (TPSA) is 435 Å². The van der Waals surface area contributed by atoms with Gasteiger partial charge in [0.1, 0.15) is 125 Å². The van der Waals surface area contributed by atoms with Crippen LogP contribution in [0, 0.1) is 0 Å². The van der Waals surface area contributed by atoms with Crippen LogP contribution in [0.4, 0.5) is 0 Å². The van der Waals surface area contributed by atoms with Crippen LogP contribution in [0.2, 0.25) is 0 Å². The Morgan fingerprint density at radius 1 is 0.867 bits per heavy atom. The van der Waals surface area contributed by atoms with E-state index in [0.29, 0.717) is 23.0 Å². The van der Waals surface area contributed by atoms with Crippen LogP contribution in [0.1, 0.15) is 132 Å². The Morgan fingerprint density at radius 2 is 1.54 bits per heavy atom. The zero-order chi connectivity index (χ0) is 69.8. The number of primary amides is 1. The van der Waals surface area contributed by atoms with Crippen molar-refractivity contribution in [3.05, 3.63) is 124 Å². The summed E-state index contributed by atoms with van der Waals surface area (Å²) in [6.07, 6.45) is -7.29. The summed E-state index contributed by atoms with van der Waals surface area (Å²) >= 11 is 4.60. The molecule has 1 fully saturated rings. The predicted molar refractivity (Wildman–Crippen MR) is 354 cm³/mol. The van der Waals surface area contributed by atoms with E-state index in [-0.39, 0.29) is 106 Å². The number of nitrogens with zero attached hydrogens (tertiary/aromatic N) is 7. The van der Waals surface area contributed by atoms with E-state index in [2.05, 4.69) is 53.1 Å². The number of likely N-dealkylation sites (N-methyl/N-ethyl adjacent to an activating group) is 1. The number of pyridine rings is 1. The molecule has 12 bridgehead atoms. The maximum atomic E-state index is 15.2. The molecule has 8 aromatic rings. The van der Waals surface area contributed by atoms with Crippen molar-refractivity contribution in [1.29, 1.82) is 0 Å². The number of methoxy groups -OCH3 is 1.